The van der Waals surface area contributed by atoms with Gasteiger partial charge in [-0.1, -0.05) is 0 Å². The summed E-state index contributed by atoms with van der Waals surface area (Å²) in [6, 6.07) is 5.90. The average molecular weight is 342 g/mol. The Kier molecular flexibility index (Phi) is 4.28. The van der Waals surface area contributed by atoms with Gasteiger partial charge in [0, 0.05) is 42.9 Å². The van der Waals surface area contributed by atoms with Gasteiger partial charge in [0.2, 0.25) is 0 Å². The van der Waals surface area contributed by atoms with Crippen LogP contribution in [0.4, 0.5) is 17.8 Å². The zero-order valence-electron chi connectivity index (χ0n) is 14.2. The van der Waals surface area contributed by atoms with Crippen molar-refractivity contribution in [2.24, 2.45) is 0 Å². The van der Waals surface area contributed by atoms with Crippen LogP contribution < -0.4 is 10.6 Å². The van der Waals surface area contributed by atoms with Gasteiger partial charge in [-0.25, -0.2) is 0 Å². The summed E-state index contributed by atoms with van der Waals surface area (Å²) >= 11 is 0. The molecule has 3 atom stereocenters. The zero-order valence-corrected chi connectivity index (χ0v) is 14.2. The van der Waals surface area contributed by atoms with Gasteiger partial charge in [0.05, 0.1) is 6.07 Å². The lowest BCUT2D eigenvalue weighted by Crippen LogP contribution is -2.47. The van der Waals surface area contributed by atoms with Gasteiger partial charge < -0.3 is 9.84 Å². The van der Waals surface area contributed by atoms with E-state index in [1.54, 1.807) is 0 Å². The lowest BCUT2D eigenvalue weighted by molar-refractivity contribution is 0.135. The van der Waals surface area contributed by atoms with Crippen molar-refractivity contribution in [1.82, 2.24) is 25.2 Å². The topological polar surface area (TPSA) is 119 Å². The minimum atomic E-state index is 0.323. The molecule has 0 aliphatic carbocycles. The number of anilines is 3. The number of aromatic amines is 1. The molecule has 0 saturated carbocycles. The van der Waals surface area contributed by atoms with E-state index in [1.807, 2.05) is 13.0 Å². The normalized spacial score (nSPS) is 25.7. The lowest BCUT2D eigenvalue weighted by Gasteiger charge is -2.38. The molecule has 4 rings (SSSR count). The molecule has 2 saturated heterocycles. The van der Waals surface area contributed by atoms with E-state index in [4.69, 9.17) is 9.78 Å². The van der Waals surface area contributed by atoms with Crippen LogP contribution >= 0.6 is 0 Å². The first-order valence-electron chi connectivity index (χ1n) is 8.73. The van der Waals surface area contributed by atoms with Gasteiger partial charge in [0.15, 0.2) is 5.82 Å². The Labute approximate surface area is 145 Å². The number of rotatable bonds is 6. The van der Waals surface area contributed by atoms with Crippen LogP contribution in [0.5, 0.6) is 0 Å². The minimum Gasteiger partial charge on any atom is -0.349 e. The molecule has 2 aliphatic rings. The van der Waals surface area contributed by atoms with Gasteiger partial charge >= 0.3 is 6.01 Å². The number of aromatic nitrogens is 4. The van der Waals surface area contributed by atoms with E-state index >= 15 is 0 Å². The molecule has 2 aromatic rings. The van der Waals surface area contributed by atoms with E-state index < -0.39 is 0 Å². The molecule has 9 nitrogen and oxygen atoms in total. The Morgan fingerprint density at radius 2 is 2.20 bits per heavy atom. The number of aryl methyl sites for hydroxylation is 1. The molecule has 0 spiro atoms. The fourth-order valence-corrected chi connectivity index (χ4v) is 4.04. The summed E-state index contributed by atoms with van der Waals surface area (Å²) in [5, 5.41) is 26.1. The molecule has 0 radical (unpaired) electrons. The third-order valence-corrected chi connectivity index (χ3v) is 5.07. The number of nitrogens with zero attached hydrogens (tertiary/aromatic N) is 5. The molecule has 0 aromatic carbocycles. The van der Waals surface area contributed by atoms with E-state index in [0.29, 0.717) is 42.3 Å². The van der Waals surface area contributed by atoms with Gasteiger partial charge in [-0.15, -0.1) is 0 Å². The maximum atomic E-state index is 8.82. The molecule has 1 unspecified atom stereocenters. The third-order valence-electron chi connectivity index (χ3n) is 5.07. The minimum absolute atomic E-state index is 0.323. The highest BCUT2D eigenvalue weighted by atomic mass is 16.5. The molecule has 3 N–H and O–H groups in total. The Balaban J connectivity index is 1.34. The highest BCUT2D eigenvalue weighted by Gasteiger charge is 2.40. The summed E-state index contributed by atoms with van der Waals surface area (Å²) in [6.07, 6.45) is 5.14. The molecular formula is C16H22N8O. The van der Waals surface area contributed by atoms with E-state index in [0.717, 1.165) is 25.1 Å². The summed E-state index contributed by atoms with van der Waals surface area (Å²) in [5.74, 6) is 1.15. The standard InChI is InChI=1S/C16H22N8O/c1-10-7-14(22-21-10)19-16-20-15(23-25-16)18-11-8-12-3-4-13(9-11)24(12)6-2-5-17/h7,11-13H,2-4,6,8-9H2,1H3,(H3,18,19,20,21,22,23)/t11?,12-,13+. The van der Waals surface area contributed by atoms with Gasteiger partial charge in [-0.05, 0) is 37.8 Å². The Morgan fingerprint density at radius 1 is 1.40 bits per heavy atom. The highest BCUT2D eigenvalue weighted by molar-refractivity contribution is 5.47. The van der Waals surface area contributed by atoms with Crippen LogP contribution in [0.1, 0.15) is 37.8 Å². The molecule has 0 amide bonds. The third kappa shape index (κ3) is 3.44. The van der Waals surface area contributed by atoms with Crippen molar-refractivity contribution < 1.29 is 4.52 Å². The van der Waals surface area contributed by atoms with E-state index in [1.165, 1.54) is 12.8 Å². The molecule has 9 heteroatoms. The molecule has 2 aromatic heterocycles. The van der Waals surface area contributed by atoms with Crippen molar-refractivity contribution in [2.45, 2.75) is 57.2 Å². The van der Waals surface area contributed by atoms with Crippen LogP contribution in [0, 0.1) is 18.3 Å². The Morgan fingerprint density at radius 3 is 2.88 bits per heavy atom. The molecule has 132 valence electrons. The summed E-state index contributed by atoms with van der Waals surface area (Å²) in [5.41, 5.74) is 0.957. The number of nitriles is 1. The molecule has 4 heterocycles. The van der Waals surface area contributed by atoms with Crippen molar-refractivity contribution >= 4 is 17.8 Å². The van der Waals surface area contributed by atoms with Crippen LogP contribution in [0.2, 0.25) is 0 Å². The predicted molar refractivity (Wildman–Crippen MR) is 91.3 cm³/mol. The van der Waals surface area contributed by atoms with Gasteiger partial charge in [-0.2, -0.15) is 15.3 Å². The first-order valence-corrected chi connectivity index (χ1v) is 8.73. The largest absolute Gasteiger partial charge is 0.349 e. The van der Waals surface area contributed by atoms with Crippen LogP contribution in [-0.2, 0) is 0 Å². The summed E-state index contributed by atoms with van der Waals surface area (Å²) < 4.78 is 5.23. The second-order valence-corrected chi connectivity index (χ2v) is 6.83. The summed E-state index contributed by atoms with van der Waals surface area (Å²) in [7, 11) is 0. The van der Waals surface area contributed by atoms with Gasteiger partial charge in [-0.3, -0.25) is 15.3 Å². The molecule has 2 fully saturated rings. The molecular weight excluding hydrogens is 320 g/mol. The smallest absolute Gasteiger partial charge is 0.328 e. The van der Waals surface area contributed by atoms with E-state index in [9.17, 15) is 0 Å². The maximum absolute atomic E-state index is 8.82. The van der Waals surface area contributed by atoms with Crippen LogP contribution in [-0.4, -0.2) is 49.9 Å². The lowest BCUT2D eigenvalue weighted by atomic mass is 9.97. The quantitative estimate of drug-likeness (QED) is 0.731. The monoisotopic (exact) mass is 342 g/mol. The molecule has 2 bridgehead atoms. The van der Waals surface area contributed by atoms with Crippen LogP contribution in [0.25, 0.3) is 0 Å². The van der Waals surface area contributed by atoms with Gasteiger partial charge in [0.25, 0.3) is 5.95 Å². The first kappa shape index (κ1) is 15.9. The predicted octanol–water partition coefficient (Wildman–Crippen LogP) is 2.17. The number of hydrogen-bond donors (Lipinski definition) is 3. The van der Waals surface area contributed by atoms with Crippen molar-refractivity contribution in [1.29, 1.82) is 5.26 Å². The van der Waals surface area contributed by atoms with Crippen molar-refractivity contribution in [2.75, 3.05) is 17.2 Å². The highest BCUT2D eigenvalue weighted by Crippen LogP contribution is 2.36. The number of piperidine rings is 1. The maximum Gasteiger partial charge on any atom is 0.328 e. The molecule has 25 heavy (non-hydrogen) atoms. The number of H-pyrrole nitrogens is 1. The average Bonchev–Trinajstić information content (AvgIpc) is 3.26. The number of hydrogen-bond acceptors (Lipinski definition) is 8. The van der Waals surface area contributed by atoms with Crippen LogP contribution in [0.15, 0.2) is 10.6 Å². The van der Waals surface area contributed by atoms with Crippen molar-refractivity contribution in [3.8, 4) is 6.07 Å². The number of nitrogens with one attached hydrogen (secondary N) is 3. The summed E-state index contributed by atoms with van der Waals surface area (Å²) in [6.45, 7) is 2.81. The second kappa shape index (κ2) is 6.72. The first-order chi connectivity index (χ1) is 12.2. The second-order valence-electron chi connectivity index (χ2n) is 6.83. The molecule has 2 aliphatic heterocycles. The van der Waals surface area contributed by atoms with Gasteiger partial charge in [0.1, 0.15) is 0 Å². The fourth-order valence-electron chi connectivity index (χ4n) is 4.04. The van der Waals surface area contributed by atoms with Crippen molar-refractivity contribution in [3.05, 3.63) is 11.8 Å². The van der Waals surface area contributed by atoms with E-state index in [2.05, 4.69) is 41.9 Å². The summed E-state index contributed by atoms with van der Waals surface area (Å²) in [4.78, 5) is 6.84. The van der Waals surface area contributed by atoms with Crippen molar-refractivity contribution in [3.63, 3.8) is 0 Å². The SMILES string of the molecule is Cc1cc(Nc2nc(NC3C[C@H]4CC[C@@H](C3)N4CCC#N)no2)n[nH]1. The Bertz CT molecular complexity index is 748. The van der Waals surface area contributed by atoms with E-state index in [-0.39, 0.29) is 0 Å². The number of fused-ring (bicyclic) bond motifs is 2. The fraction of sp³-hybridized carbons (Fsp3) is 0.625. The zero-order chi connectivity index (χ0) is 17.2. The Hall–Kier alpha value is -2.60. The van der Waals surface area contributed by atoms with Crippen LogP contribution in [0.3, 0.4) is 0 Å².